The molecule has 1 heterocycles. The van der Waals surface area contributed by atoms with Gasteiger partial charge in [0.15, 0.2) is 12.4 Å². The van der Waals surface area contributed by atoms with Gasteiger partial charge in [0, 0.05) is 6.42 Å². The van der Waals surface area contributed by atoms with Gasteiger partial charge in [-0.25, -0.2) is 0 Å². The van der Waals surface area contributed by atoms with Gasteiger partial charge in [-0.3, -0.25) is 9.59 Å². The van der Waals surface area contributed by atoms with Crippen molar-refractivity contribution in [2.24, 2.45) is 0 Å². The number of rotatable bonds is 60. The Bertz CT molecular complexity index is 1340. The molecule has 1 saturated heterocycles. The minimum absolute atomic E-state index is 0.131. The van der Waals surface area contributed by atoms with Crippen molar-refractivity contribution in [1.82, 2.24) is 5.32 Å². The molecule has 1 amide bonds. The number of aliphatic hydroxyl groups is 5. The smallest absolute Gasteiger partial charge is 0.306 e. The van der Waals surface area contributed by atoms with Crippen LogP contribution >= 0.6 is 0 Å². The van der Waals surface area contributed by atoms with Crippen LogP contribution in [0.5, 0.6) is 0 Å². The molecule has 11 nitrogen and oxygen atoms in total. The predicted molar refractivity (Wildman–Crippen MR) is 329 cm³/mol. The van der Waals surface area contributed by atoms with Crippen LogP contribution in [0, 0.1) is 0 Å². The van der Waals surface area contributed by atoms with Crippen LogP contribution in [0.2, 0.25) is 0 Å². The molecule has 1 rings (SSSR count). The Labute approximate surface area is 487 Å². The molecule has 1 fully saturated rings. The average Bonchev–Trinajstić information content (AvgIpc) is 3.47. The maximum atomic E-state index is 13.5. The van der Waals surface area contributed by atoms with Crippen molar-refractivity contribution in [3.05, 3.63) is 12.2 Å². The molecule has 0 saturated carbocycles. The van der Waals surface area contributed by atoms with Gasteiger partial charge >= 0.3 is 5.97 Å². The highest BCUT2D eigenvalue weighted by Crippen LogP contribution is 2.26. The topological polar surface area (TPSA) is 175 Å². The molecule has 1 aliphatic rings. The van der Waals surface area contributed by atoms with Crippen molar-refractivity contribution in [2.45, 2.75) is 397 Å². The summed E-state index contributed by atoms with van der Waals surface area (Å²) in [5.41, 5.74) is 0. The van der Waals surface area contributed by atoms with Crippen LogP contribution in [-0.2, 0) is 23.8 Å². The quantitative estimate of drug-likeness (QED) is 0.0195. The molecule has 11 heteroatoms. The van der Waals surface area contributed by atoms with Crippen LogP contribution in [-0.4, -0.2) is 99.6 Å². The van der Waals surface area contributed by atoms with E-state index in [1.807, 2.05) is 6.08 Å². The van der Waals surface area contributed by atoms with Gasteiger partial charge in [-0.2, -0.15) is 0 Å². The van der Waals surface area contributed by atoms with Crippen LogP contribution in [0.15, 0.2) is 12.2 Å². The minimum atomic E-state index is -1.61. The molecule has 0 aromatic rings. The van der Waals surface area contributed by atoms with Crippen molar-refractivity contribution in [3.63, 3.8) is 0 Å². The van der Waals surface area contributed by atoms with E-state index >= 15 is 0 Å². The summed E-state index contributed by atoms with van der Waals surface area (Å²) in [5.74, 6) is -1.17. The zero-order chi connectivity index (χ0) is 57.5. The number of aliphatic hydroxyl groups excluding tert-OH is 5. The van der Waals surface area contributed by atoms with Gasteiger partial charge in [-0.1, -0.05) is 328 Å². The molecule has 0 bridgehead atoms. The summed E-state index contributed by atoms with van der Waals surface area (Å²) in [6.45, 7) is 5.84. The third-order valence-corrected chi connectivity index (χ3v) is 16.7. The molecule has 8 atom stereocenters. The van der Waals surface area contributed by atoms with Crippen LogP contribution in [0.25, 0.3) is 0 Å². The van der Waals surface area contributed by atoms with Gasteiger partial charge in [-0.15, -0.1) is 0 Å². The van der Waals surface area contributed by atoms with Gasteiger partial charge in [-0.05, 0) is 25.7 Å². The number of carbonyl (C=O) groups excluding carboxylic acids is 2. The number of hydrogen-bond donors (Lipinski definition) is 6. The number of allylic oxidation sites excluding steroid dienone is 1. The van der Waals surface area contributed by atoms with Crippen molar-refractivity contribution in [3.8, 4) is 0 Å². The number of nitrogens with one attached hydrogen (secondary N) is 1. The molecule has 0 radical (unpaired) electrons. The molecule has 0 spiro atoms. The SMILES string of the molecule is CCCCCCCCCCCCC/C=C/C(O)C(COC1OC(CO)C(O)C(O)C1OC(=O)CCCCCCCCCCCCCCC)NC(=O)C(O)CCCCCCCCCCCCCCCCCCCCCCCCCC. The second kappa shape index (κ2) is 56.9. The fourth-order valence-electron chi connectivity index (χ4n) is 11.2. The molecule has 468 valence electrons. The van der Waals surface area contributed by atoms with E-state index < -0.39 is 67.4 Å². The van der Waals surface area contributed by atoms with E-state index in [4.69, 9.17) is 14.2 Å². The molecule has 1 aliphatic heterocycles. The Morgan fingerprint density at radius 1 is 0.481 bits per heavy atom. The van der Waals surface area contributed by atoms with Crippen LogP contribution in [0.3, 0.4) is 0 Å². The number of esters is 1. The average molecular weight is 1120 g/mol. The highest BCUT2D eigenvalue weighted by Gasteiger charge is 2.47. The number of ether oxygens (including phenoxy) is 3. The van der Waals surface area contributed by atoms with Crippen LogP contribution < -0.4 is 5.32 Å². The molecule has 79 heavy (non-hydrogen) atoms. The predicted octanol–water partition coefficient (Wildman–Crippen LogP) is 17.1. The van der Waals surface area contributed by atoms with Crippen LogP contribution in [0.1, 0.15) is 348 Å². The number of hydrogen-bond acceptors (Lipinski definition) is 10. The first-order chi connectivity index (χ1) is 38.7. The summed E-state index contributed by atoms with van der Waals surface area (Å²) < 4.78 is 17.7. The largest absolute Gasteiger partial charge is 0.454 e. The lowest BCUT2D eigenvalue weighted by atomic mass is 9.99. The van der Waals surface area contributed by atoms with Crippen molar-refractivity contribution >= 4 is 11.9 Å². The zero-order valence-electron chi connectivity index (χ0n) is 52.0. The molecular formula is C68H131NO10. The lowest BCUT2D eigenvalue weighted by Gasteiger charge is -2.41. The number of unbranched alkanes of at least 4 members (excludes halogenated alkanes) is 46. The molecule has 0 aliphatic carbocycles. The Morgan fingerprint density at radius 3 is 1.19 bits per heavy atom. The molecule has 6 N–H and O–H groups in total. The van der Waals surface area contributed by atoms with E-state index in [0.29, 0.717) is 19.3 Å². The Kier molecular flexibility index (Phi) is 54.3. The Morgan fingerprint density at radius 2 is 0.823 bits per heavy atom. The van der Waals surface area contributed by atoms with E-state index in [9.17, 15) is 35.1 Å². The summed E-state index contributed by atoms with van der Waals surface area (Å²) in [6, 6.07) is -1.02. The van der Waals surface area contributed by atoms with E-state index in [1.54, 1.807) is 6.08 Å². The molecular weight excluding hydrogens is 991 g/mol. The fourth-order valence-corrected chi connectivity index (χ4v) is 11.2. The third kappa shape index (κ3) is 44.6. The highest BCUT2D eigenvalue weighted by molar-refractivity contribution is 5.80. The van der Waals surface area contributed by atoms with Gasteiger partial charge in [0.2, 0.25) is 5.91 Å². The van der Waals surface area contributed by atoms with Gasteiger partial charge in [0.05, 0.1) is 25.4 Å². The summed E-state index contributed by atoms with van der Waals surface area (Å²) in [5, 5.41) is 57.1. The van der Waals surface area contributed by atoms with Crippen molar-refractivity contribution in [2.75, 3.05) is 13.2 Å². The van der Waals surface area contributed by atoms with Crippen LogP contribution in [0.4, 0.5) is 0 Å². The standard InChI is InChI=1S/C68H131NO10/c1-4-7-10-13-16-19-22-25-26-27-28-29-30-31-32-33-34-35-38-40-43-46-49-52-55-61(72)67(76)69-59(60(71)54-51-48-45-42-39-36-23-20-17-14-11-8-5-2)58-77-68-66(65(75)64(74)62(57-70)78-68)79-63(73)56-53-50-47-44-41-37-24-21-18-15-12-9-6-3/h51,54,59-62,64-66,68,70-72,74-75H,4-50,52-53,55-58H2,1-3H3,(H,69,76)/b54-51+. The monoisotopic (exact) mass is 1120 g/mol. The van der Waals surface area contributed by atoms with E-state index in [2.05, 4.69) is 26.1 Å². The minimum Gasteiger partial charge on any atom is -0.454 e. The third-order valence-electron chi connectivity index (χ3n) is 16.7. The summed E-state index contributed by atoms with van der Waals surface area (Å²) in [4.78, 5) is 26.6. The van der Waals surface area contributed by atoms with Gasteiger partial charge in [0.1, 0.15) is 24.4 Å². The van der Waals surface area contributed by atoms with Crippen molar-refractivity contribution in [1.29, 1.82) is 0 Å². The normalized spacial score (nSPS) is 18.8. The zero-order valence-corrected chi connectivity index (χ0v) is 52.0. The first kappa shape index (κ1) is 75.4. The maximum Gasteiger partial charge on any atom is 0.306 e. The summed E-state index contributed by atoms with van der Waals surface area (Å²) in [6.07, 6.45) is 55.5. The first-order valence-corrected chi connectivity index (χ1v) is 34.5. The number of amides is 1. The summed E-state index contributed by atoms with van der Waals surface area (Å²) >= 11 is 0. The first-order valence-electron chi connectivity index (χ1n) is 34.5. The molecule has 0 aromatic heterocycles. The molecule has 0 aromatic carbocycles. The van der Waals surface area contributed by atoms with Crippen molar-refractivity contribution < 1.29 is 49.3 Å². The fraction of sp³-hybridized carbons (Fsp3) is 0.941. The lowest BCUT2D eigenvalue weighted by Crippen LogP contribution is -2.61. The van der Waals surface area contributed by atoms with Gasteiger partial charge in [0.25, 0.3) is 0 Å². The highest BCUT2D eigenvalue weighted by atomic mass is 16.7. The maximum absolute atomic E-state index is 13.5. The second-order valence-electron chi connectivity index (χ2n) is 24.3. The lowest BCUT2D eigenvalue weighted by molar-refractivity contribution is -0.305. The Balaban J connectivity index is 2.57. The second-order valence-corrected chi connectivity index (χ2v) is 24.3. The van der Waals surface area contributed by atoms with E-state index in [1.165, 1.54) is 244 Å². The van der Waals surface area contributed by atoms with E-state index in [0.717, 1.165) is 57.8 Å². The number of carbonyl (C=O) groups is 2. The molecule has 8 unspecified atom stereocenters. The van der Waals surface area contributed by atoms with E-state index in [-0.39, 0.29) is 13.0 Å². The summed E-state index contributed by atoms with van der Waals surface area (Å²) in [7, 11) is 0. The Hall–Kier alpha value is -1.60. The van der Waals surface area contributed by atoms with Gasteiger partial charge < -0.3 is 45.1 Å².